The van der Waals surface area contributed by atoms with Gasteiger partial charge in [-0.3, -0.25) is 4.79 Å². The molecule has 1 N–H and O–H groups in total. The first-order chi connectivity index (χ1) is 12.3. The topological polar surface area (TPSA) is 69.7 Å². The molecule has 6 nitrogen and oxygen atoms in total. The van der Waals surface area contributed by atoms with Gasteiger partial charge in [0.25, 0.3) is 0 Å². The van der Waals surface area contributed by atoms with Gasteiger partial charge in [-0.15, -0.1) is 0 Å². The summed E-state index contributed by atoms with van der Waals surface area (Å²) in [6.45, 7) is 5.32. The van der Waals surface area contributed by atoms with Crippen molar-refractivity contribution in [3.8, 4) is 0 Å². The second kappa shape index (κ2) is 7.96. The monoisotopic (exact) mass is 379 g/mol. The molecule has 0 aromatic heterocycles. The van der Waals surface area contributed by atoms with E-state index in [2.05, 4.69) is 29.3 Å². The highest BCUT2D eigenvalue weighted by Crippen LogP contribution is 2.25. The number of hydrogen-bond acceptors (Lipinski definition) is 4. The number of nitrogens with one attached hydrogen (secondary N) is 1. The van der Waals surface area contributed by atoms with E-state index in [-0.39, 0.29) is 11.8 Å². The summed E-state index contributed by atoms with van der Waals surface area (Å²) >= 11 is 0. The van der Waals surface area contributed by atoms with E-state index in [9.17, 15) is 13.2 Å². The van der Waals surface area contributed by atoms with E-state index in [1.54, 1.807) is 0 Å². The molecule has 0 spiro atoms. The molecule has 3 rings (SSSR count). The highest BCUT2D eigenvalue weighted by atomic mass is 32.2. The Morgan fingerprint density at radius 2 is 1.58 bits per heavy atom. The molecule has 2 aliphatic heterocycles. The zero-order chi connectivity index (χ0) is 18.7. The first-order valence-corrected chi connectivity index (χ1v) is 11.3. The second-order valence-corrected chi connectivity index (χ2v) is 9.62. The molecular weight excluding hydrogens is 350 g/mol. The average Bonchev–Trinajstić information content (AvgIpc) is 2.62. The number of rotatable bonds is 4. The average molecular weight is 380 g/mol. The summed E-state index contributed by atoms with van der Waals surface area (Å²) in [5, 5.41) is 2.98. The molecule has 2 heterocycles. The summed E-state index contributed by atoms with van der Waals surface area (Å²) in [4.78, 5) is 14.9. The van der Waals surface area contributed by atoms with E-state index in [1.807, 2.05) is 12.1 Å². The molecule has 0 bridgehead atoms. The number of amides is 1. The van der Waals surface area contributed by atoms with Gasteiger partial charge < -0.3 is 10.2 Å². The first-order valence-electron chi connectivity index (χ1n) is 9.44. The lowest BCUT2D eigenvalue weighted by molar-refractivity contribution is -0.120. The van der Waals surface area contributed by atoms with Crippen LogP contribution in [-0.4, -0.2) is 51.1 Å². The number of piperidine rings is 2. The van der Waals surface area contributed by atoms with Crippen LogP contribution in [0.15, 0.2) is 24.3 Å². The van der Waals surface area contributed by atoms with Crippen molar-refractivity contribution < 1.29 is 13.2 Å². The van der Waals surface area contributed by atoms with Gasteiger partial charge in [0.2, 0.25) is 15.9 Å². The molecule has 0 unspecified atom stereocenters. The highest BCUT2D eigenvalue weighted by molar-refractivity contribution is 7.88. The van der Waals surface area contributed by atoms with Crippen LogP contribution in [0.2, 0.25) is 0 Å². The third-order valence-electron chi connectivity index (χ3n) is 5.58. The number of hydrogen-bond donors (Lipinski definition) is 1. The lowest BCUT2D eigenvalue weighted by atomic mass is 9.97. The van der Waals surface area contributed by atoms with Crippen LogP contribution in [0.4, 0.5) is 11.4 Å². The van der Waals surface area contributed by atoms with Crippen molar-refractivity contribution in [1.82, 2.24) is 4.31 Å². The number of benzene rings is 1. The lowest BCUT2D eigenvalue weighted by Gasteiger charge is -2.32. The molecule has 7 heteroatoms. The van der Waals surface area contributed by atoms with Gasteiger partial charge in [-0.2, -0.15) is 0 Å². The maximum absolute atomic E-state index is 12.5. The molecule has 1 amide bonds. The molecule has 0 aliphatic carbocycles. The van der Waals surface area contributed by atoms with Crippen LogP contribution in [0.25, 0.3) is 0 Å². The Morgan fingerprint density at radius 3 is 2.12 bits per heavy atom. The number of nitrogens with zero attached hydrogens (tertiary/aromatic N) is 2. The Labute approximate surface area is 156 Å². The van der Waals surface area contributed by atoms with Gasteiger partial charge in [0.05, 0.1) is 6.26 Å². The van der Waals surface area contributed by atoms with E-state index in [1.165, 1.54) is 29.1 Å². The third kappa shape index (κ3) is 4.76. The van der Waals surface area contributed by atoms with Crippen molar-refractivity contribution in [3.63, 3.8) is 0 Å². The molecular formula is C19H29N3O3S. The smallest absolute Gasteiger partial charge is 0.227 e. The van der Waals surface area contributed by atoms with Crippen LogP contribution >= 0.6 is 0 Å². The standard InChI is InChI=1S/C19H29N3O3S/c1-15-7-11-21(12-8-15)18-5-3-17(4-6-18)20-19(23)16-9-13-22(14-10-16)26(2,24)25/h3-6,15-16H,7-14H2,1-2H3,(H,20,23). The van der Waals surface area contributed by atoms with E-state index >= 15 is 0 Å². The maximum atomic E-state index is 12.5. The quantitative estimate of drug-likeness (QED) is 0.873. The molecule has 2 fully saturated rings. The van der Waals surface area contributed by atoms with Gasteiger partial charge in [-0.25, -0.2) is 12.7 Å². The number of sulfonamides is 1. The summed E-state index contributed by atoms with van der Waals surface area (Å²) in [5.74, 6) is 0.660. The van der Waals surface area contributed by atoms with Crippen molar-refractivity contribution in [3.05, 3.63) is 24.3 Å². The van der Waals surface area contributed by atoms with Gasteiger partial charge in [-0.05, 0) is 55.9 Å². The minimum absolute atomic E-state index is 0.0160. The summed E-state index contributed by atoms with van der Waals surface area (Å²) in [7, 11) is -3.16. The van der Waals surface area contributed by atoms with Gasteiger partial charge in [0.15, 0.2) is 0 Å². The number of carbonyl (C=O) groups is 1. The van der Waals surface area contributed by atoms with Crippen LogP contribution in [0.1, 0.15) is 32.6 Å². The minimum Gasteiger partial charge on any atom is -0.372 e. The second-order valence-electron chi connectivity index (χ2n) is 7.64. The van der Waals surface area contributed by atoms with Crippen molar-refractivity contribution in [2.75, 3.05) is 42.7 Å². The van der Waals surface area contributed by atoms with Crippen LogP contribution in [0.3, 0.4) is 0 Å². The first kappa shape index (κ1) is 19.2. The van der Waals surface area contributed by atoms with Crippen LogP contribution in [0, 0.1) is 11.8 Å². The van der Waals surface area contributed by atoms with Crippen molar-refractivity contribution in [2.45, 2.75) is 32.6 Å². The van der Waals surface area contributed by atoms with Gasteiger partial charge >= 0.3 is 0 Å². The normalized spacial score (nSPS) is 20.9. The minimum atomic E-state index is -3.16. The largest absolute Gasteiger partial charge is 0.372 e. The van der Waals surface area contributed by atoms with Gasteiger partial charge in [0.1, 0.15) is 0 Å². The fourth-order valence-corrected chi connectivity index (χ4v) is 4.59. The molecule has 144 valence electrons. The summed E-state index contributed by atoms with van der Waals surface area (Å²) in [6.07, 6.45) is 4.82. The summed E-state index contributed by atoms with van der Waals surface area (Å²) in [6, 6.07) is 8.05. The fraction of sp³-hybridized carbons (Fsp3) is 0.632. The van der Waals surface area contributed by atoms with Crippen molar-refractivity contribution in [1.29, 1.82) is 0 Å². The molecule has 26 heavy (non-hydrogen) atoms. The lowest BCUT2D eigenvalue weighted by Crippen LogP contribution is -2.40. The molecule has 0 atom stereocenters. The van der Waals surface area contributed by atoms with E-state index in [0.29, 0.717) is 25.9 Å². The van der Waals surface area contributed by atoms with E-state index in [0.717, 1.165) is 24.7 Å². The predicted octanol–water partition coefficient (Wildman–Crippen LogP) is 2.53. The van der Waals surface area contributed by atoms with Gasteiger partial charge in [-0.1, -0.05) is 6.92 Å². The Morgan fingerprint density at radius 1 is 1.00 bits per heavy atom. The van der Waals surface area contributed by atoms with E-state index in [4.69, 9.17) is 0 Å². The Bertz CT molecular complexity index is 717. The summed E-state index contributed by atoms with van der Waals surface area (Å²) < 4.78 is 24.6. The fourth-order valence-electron chi connectivity index (χ4n) is 3.72. The zero-order valence-corrected chi connectivity index (χ0v) is 16.5. The SMILES string of the molecule is CC1CCN(c2ccc(NC(=O)C3CCN(S(C)(=O)=O)CC3)cc2)CC1. The number of carbonyl (C=O) groups excluding carboxylic acids is 1. The predicted molar refractivity (Wildman–Crippen MR) is 105 cm³/mol. The summed E-state index contributed by atoms with van der Waals surface area (Å²) in [5.41, 5.74) is 2.01. The Hall–Kier alpha value is -1.60. The third-order valence-corrected chi connectivity index (χ3v) is 6.88. The molecule has 1 aromatic carbocycles. The van der Waals surface area contributed by atoms with Gasteiger partial charge in [0, 0.05) is 43.5 Å². The number of anilines is 2. The molecule has 0 saturated carbocycles. The van der Waals surface area contributed by atoms with Crippen LogP contribution < -0.4 is 10.2 Å². The maximum Gasteiger partial charge on any atom is 0.227 e. The Kier molecular flexibility index (Phi) is 5.87. The molecule has 2 saturated heterocycles. The van der Waals surface area contributed by atoms with Crippen molar-refractivity contribution >= 4 is 27.3 Å². The van der Waals surface area contributed by atoms with Crippen LogP contribution in [0.5, 0.6) is 0 Å². The molecule has 1 aromatic rings. The Balaban J connectivity index is 1.52. The molecule has 0 radical (unpaired) electrons. The highest BCUT2D eigenvalue weighted by Gasteiger charge is 2.29. The zero-order valence-electron chi connectivity index (χ0n) is 15.6. The van der Waals surface area contributed by atoms with Crippen LogP contribution in [-0.2, 0) is 14.8 Å². The molecule has 2 aliphatic rings. The van der Waals surface area contributed by atoms with Crippen molar-refractivity contribution in [2.24, 2.45) is 11.8 Å². The van der Waals surface area contributed by atoms with E-state index < -0.39 is 10.0 Å².